The highest BCUT2D eigenvalue weighted by Gasteiger charge is 2.39. The second-order valence-corrected chi connectivity index (χ2v) is 9.34. The Morgan fingerprint density at radius 3 is 1.68 bits per heavy atom. The van der Waals surface area contributed by atoms with E-state index in [4.69, 9.17) is 24.1 Å². The van der Waals surface area contributed by atoms with E-state index in [1.54, 1.807) is 28.4 Å². The molecule has 0 heterocycles. The van der Waals surface area contributed by atoms with Crippen LogP contribution in [0, 0.1) is 5.92 Å². The maximum absolute atomic E-state index is 11.0. The van der Waals surface area contributed by atoms with Crippen molar-refractivity contribution in [3.05, 3.63) is 47.5 Å². The fraction of sp³-hybridized carbons (Fsp3) is 0.536. The lowest BCUT2D eigenvalue weighted by atomic mass is 9.62. The van der Waals surface area contributed by atoms with Crippen LogP contribution in [0.2, 0.25) is 0 Å². The molecule has 2 aromatic rings. The highest BCUT2D eigenvalue weighted by atomic mass is 16.5. The number of aliphatic carboxylic acids is 1. The zero-order valence-electron chi connectivity index (χ0n) is 21.6. The number of ether oxygens (including phenoxy) is 4. The second kappa shape index (κ2) is 12.5. The van der Waals surface area contributed by atoms with Crippen LogP contribution in [0.5, 0.6) is 23.0 Å². The second-order valence-electron chi connectivity index (χ2n) is 9.34. The van der Waals surface area contributed by atoms with Gasteiger partial charge in [0.05, 0.1) is 28.4 Å². The topological polar surface area (TPSA) is 74.2 Å². The van der Waals surface area contributed by atoms with E-state index in [9.17, 15) is 4.79 Å². The highest BCUT2D eigenvalue weighted by Crippen LogP contribution is 2.49. The number of carboxylic acid groups (broad SMARTS) is 1. The van der Waals surface area contributed by atoms with Gasteiger partial charge in [-0.15, -0.1) is 0 Å². The third kappa shape index (κ3) is 6.81. The molecule has 6 heteroatoms. The van der Waals surface area contributed by atoms with Crippen molar-refractivity contribution in [3.8, 4) is 23.0 Å². The Kier molecular flexibility index (Phi) is 10.1. The van der Waals surface area contributed by atoms with E-state index in [-0.39, 0.29) is 17.8 Å². The lowest BCUT2D eigenvalue weighted by Gasteiger charge is -2.42. The van der Waals surface area contributed by atoms with Gasteiger partial charge in [-0.05, 0) is 65.5 Å². The average Bonchev–Trinajstić information content (AvgIpc) is 2.82. The molecule has 6 nitrogen and oxygen atoms in total. The Morgan fingerprint density at radius 2 is 1.26 bits per heavy atom. The van der Waals surface area contributed by atoms with E-state index in [1.165, 1.54) is 0 Å². The van der Waals surface area contributed by atoms with Gasteiger partial charge in [-0.25, -0.2) is 0 Å². The smallest absolute Gasteiger partial charge is 0.303 e. The van der Waals surface area contributed by atoms with Crippen molar-refractivity contribution >= 4 is 5.97 Å². The molecule has 0 saturated heterocycles. The summed E-state index contributed by atoms with van der Waals surface area (Å²) in [4.78, 5) is 11.0. The average molecular weight is 473 g/mol. The van der Waals surface area contributed by atoms with Gasteiger partial charge < -0.3 is 24.1 Å². The lowest BCUT2D eigenvalue weighted by Crippen LogP contribution is -2.34. The molecule has 0 radical (unpaired) electrons. The number of rotatable bonds is 14. The lowest BCUT2D eigenvalue weighted by molar-refractivity contribution is -0.137. The standard InChI is InChI=1S/C28H40O6/c1-19(2)27(20-13-22(31-4)17-23(14-20)32-5)28(3,12-10-8-9-11-26(29)30)21-15-24(33-6)18-25(16-21)34-7/h13-19,27H,8-12H2,1-7H3,(H,29,30). The van der Waals surface area contributed by atoms with Crippen LogP contribution >= 0.6 is 0 Å². The molecule has 2 rings (SSSR count). The van der Waals surface area contributed by atoms with Crippen molar-refractivity contribution < 1.29 is 28.8 Å². The van der Waals surface area contributed by atoms with E-state index in [2.05, 4.69) is 45.0 Å². The summed E-state index contributed by atoms with van der Waals surface area (Å²) in [6.07, 6.45) is 3.52. The Morgan fingerprint density at radius 1 is 0.794 bits per heavy atom. The SMILES string of the molecule is COc1cc(OC)cc(C(C(C)C)C(C)(CCCCCC(=O)O)c2cc(OC)cc(OC)c2)c1. The van der Waals surface area contributed by atoms with E-state index in [0.717, 1.165) is 53.4 Å². The molecule has 188 valence electrons. The van der Waals surface area contributed by atoms with Crippen molar-refractivity contribution in [3.63, 3.8) is 0 Å². The van der Waals surface area contributed by atoms with Crippen molar-refractivity contribution in [2.75, 3.05) is 28.4 Å². The maximum Gasteiger partial charge on any atom is 0.303 e. The largest absolute Gasteiger partial charge is 0.497 e. The number of benzene rings is 2. The molecule has 0 aliphatic rings. The molecule has 0 aromatic heterocycles. The third-order valence-electron chi connectivity index (χ3n) is 6.68. The summed E-state index contributed by atoms with van der Waals surface area (Å²) in [5.41, 5.74) is 1.99. The third-order valence-corrected chi connectivity index (χ3v) is 6.68. The van der Waals surface area contributed by atoms with Crippen LogP contribution in [0.15, 0.2) is 36.4 Å². The minimum absolute atomic E-state index is 0.132. The monoisotopic (exact) mass is 472 g/mol. The van der Waals surface area contributed by atoms with Gasteiger partial charge in [-0.3, -0.25) is 4.79 Å². The number of carboxylic acids is 1. The van der Waals surface area contributed by atoms with Gasteiger partial charge in [-0.1, -0.05) is 33.6 Å². The van der Waals surface area contributed by atoms with Gasteiger partial charge >= 0.3 is 5.97 Å². The van der Waals surface area contributed by atoms with Crippen molar-refractivity contribution in [1.82, 2.24) is 0 Å². The molecule has 0 saturated carbocycles. The molecule has 2 unspecified atom stereocenters. The minimum Gasteiger partial charge on any atom is -0.497 e. The molecule has 0 aliphatic heterocycles. The van der Waals surface area contributed by atoms with Gasteiger partial charge in [0.25, 0.3) is 0 Å². The normalized spacial score (nSPS) is 13.8. The fourth-order valence-corrected chi connectivity index (χ4v) is 5.06. The van der Waals surface area contributed by atoms with Crippen molar-refractivity contribution in [2.45, 2.75) is 64.2 Å². The van der Waals surface area contributed by atoms with Crippen LogP contribution < -0.4 is 18.9 Å². The molecular weight excluding hydrogens is 432 g/mol. The molecular formula is C28H40O6. The molecule has 2 aromatic carbocycles. The van der Waals surface area contributed by atoms with Gasteiger partial charge in [0.2, 0.25) is 0 Å². The molecule has 0 fully saturated rings. The Hall–Kier alpha value is -2.89. The Labute approximate surface area is 204 Å². The predicted molar refractivity (Wildman–Crippen MR) is 135 cm³/mol. The Bertz CT molecular complexity index is 894. The first-order chi connectivity index (χ1) is 16.2. The van der Waals surface area contributed by atoms with Crippen LogP contribution in [0.4, 0.5) is 0 Å². The highest BCUT2D eigenvalue weighted by molar-refractivity contribution is 5.66. The van der Waals surface area contributed by atoms with Crippen molar-refractivity contribution in [1.29, 1.82) is 0 Å². The summed E-state index contributed by atoms with van der Waals surface area (Å²) in [6, 6.07) is 12.1. The zero-order valence-corrected chi connectivity index (χ0v) is 21.6. The van der Waals surface area contributed by atoms with E-state index in [0.29, 0.717) is 12.3 Å². The molecule has 0 aliphatic carbocycles. The molecule has 1 N–H and O–H groups in total. The van der Waals surface area contributed by atoms with Crippen molar-refractivity contribution in [2.24, 2.45) is 5.92 Å². The predicted octanol–water partition coefficient (Wildman–Crippen LogP) is 6.45. The number of hydrogen-bond acceptors (Lipinski definition) is 5. The maximum atomic E-state index is 11.0. The quantitative estimate of drug-likeness (QED) is 0.318. The molecule has 0 bridgehead atoms. The first kappa shape index (κ1) is 27.4. The first-order valence-corrected chi connectivity index (χ1v) is 11.9. The Balaban J connectivity index is 2.61. The first-order valence-electron chi connectivity index (χ1n) is 11.9. The summed E-state index contributed by atoms with van der Waals surface area (Å²) in [5, 5.41) is 9.02. The zero-order chi connectivity index (χ0) is 25.3. The van der Waals surface area contributed by atoms with E-state index < -0.39 is 5.97 Å². The molecule has 0 spiro atoms. The summed E-state index contributed by atoms with van der Waals surface area (Å²) >= 11 is 0. The summed E-state index contributed by atoms with van der Waals surface area (Å²) in [6.45, 7) is 6.75. The van der Waals surface area contributed by atoms with Crippen LogP contribution in [-0.2, 0) is 10.2 Å². The van der Waals surface area contributed by atoms with Crippen LogP contribution in [0.3, 0.4) is 0 Å². The number of carbonyl (C=O) groups is 1. The number of methoxy groups -OCH3 is 4. The molecule has 0 amide bonds. The minimum atomic E-state index is -0.746. The van der Waals surface area contributed by atoms with Crippen LogP contribution in [0.1, 0.15) is 69.9 Å². The number of hydrogen-bond donors (Lipinski definition) is 1. The molecule has 2 atom stereocenters. The summed E-state index contributed by atoms with van der Waals surface area (Å²) in [5.74, 6) is 2.70. The van der Waals surface area contributed by atoms with E-state index in [1.807, 2.05) is 12.1 Å². The fourth-order valence-electron chi connectivity index (χ4n) is 5.06. The van der Waals surface area contributed by atoms with Gasteiger partial charge in [0, 0.05) is 18.6 Å². The van der Waals surface area contributed by atoms with Gasteiger partial charge in [0.1, 0.15) is 23.0 Å². The van der Waals surface area contributed by atoms with Crippen LogP contribution in [0.25, 0.3) is 0 Å². The van der Waals surface area contributed by atoms with E-state index >= 15 is 0 Å². The summed E-state index contributed by atoms with van der Waals surface area (Å²) < 4.78 is 22.3. The summed E-state index contributed by atoms with van der Waals surface area (Å²) in [7, 11) is 6.65. The molecule has 34 heavy (non-hydrogen) atoms. The van der Waals surface area contributed by atoms with Crippen LogP contribution in [-0.4, -0.2) is 39.5 Å². The van der Waals surface area contributed by atoms with Gasteiger partial charge in [-0.2, -0.15) is 0 Å². The van der Waals surface area contributed by atoms with Gasteiger partial charge in [0.15, 0.2) is 0 Å². The number of unbranched alkanes of at least 4 members (excludes halogenated alkanes) is 2.